The second-order valence-corrected chi connectivity index (χ2v) is 4.86. The SMILES string of the molecule is CCC(OC)C(=O)NC1(c2cc(F)cc(F)c2)CC1. The van der Waals surface area contributed by atoms with Crippen LogP contribution in [0.1, 0.15) is 31.7 Å². The lowest BCUT2D eigenvalue weighted by molar-refractivity contribution is -0.132. The fraction of sp³-hybridized carbons (Fsp3) is 0.500. The molecule has 104 valence electrons. The van der Waals surface area contributed by atoms with Crippen LogP contribution in [0.25, 0.3) is 0 Å². The summed E-state index contributed by atoms with van der Waals surface area (Å²) < 4.78 is 31.5. The summed E-state index contributed by atoms with van der Waals surface area (Å²) >= 11 is 0. The molecule has 0 radical (unpaired) electrons. The van der Waals surface area contributed by atoms with E-state index < -0.39 is 23.3 Å². The highest BCUT2D eigenvalue weighted by Crippen LogP contribution is 2.46. The molecular formula is C14H17F2NO2. The van der Waals surface area contributed by atoms with E-state index >= 15 is 0 Å². The normalized spacial score (nSPS) is 17.9. The van der Waals surface area contributed by atoms with Crippen LogP contribution < -0.4 is 5.32 Å². The van der Waals surface area contributed by atoms with Crippen LogP contribution in [0.5, 0.6) is 0 Å². The highest BCUT2D eigenvalue weighted by Gasteiger charge is 2.46. The maximum absolute atomic E-state index is 13.2. The molecule has 1 aromatic carbocycles. The highest BCUT2D eigenvalue weighted by atomic mass is 19.1. The minimum absolute atomic E-state index is 0.243. The molecule has 0 aromatic heterocycles. The summed E-state index contributed by atoms with van der Waals surface area (Å²) in [5, 5.41) is 2.84. The number of carbonyl (C=O) groups is 1. The first-order valence-electron chi connectivity index (χ1n) is 6.32. The summed E-state index contributed by atoms with van der Waals surface area (Å²) in [5.74, 6) is -1.50. The predicted octanol–water partition coefficient (Wildman–Crippen LogP) is 2.50. The van der Waals surface area contributed by atoms with E-state index in [1.807, 2.05) is 6.92 Å². The first kappa shape index (κ1) is 13.9. The third kappa shape index (κ3) is 2.92. The zero-order valence-electron chi connectivity index (χ0n) is 11.0. The maximum Gasteiger partial charge on any atom is 0.249 e. The summed E-state index contributed by atoms with van der Waals surface area (Å²) in [7, 11) is 1.47. The van der Waals surface area contributed by atoms with Crippen LogP contribution in [0.15, 0.2) is 18.2 Å². The number of halogens is 2. The molecule has 0 heterocycles. The van der Waals surface area contributed by atoms with Crippen molar-refractivity contribution < 1.29 is 18.3 Å². The van der Waals surface area contributed by atoms with Gasteiger partial charge in [0.25, 0.3) is 0 Å². The van der Waals surface area contributed by atoms with Gasteiger partial charge in [-0.1, -0.05) is 6.92 Å². The number of ether oxygens (including phenoxy) is 1. The van der Waals surface area contributed by atoms with E-state index in [9.17, 15) is 13.6 Å². The van der Waals surface area contributed by atoms with Crippen molar-refractivity contribution in [2.24, 2.45) is 0 Å². The van der Waals surface area contributed by atoms with Gasteiger partial charge in [-0.25, -0.2) is 8.78 Å². The lowest BCUT2D eigenvalue weighted by Gasteiger charge is -2.21. The summed E-state index contributed by atoms with van der Waals surface area (Å²) in [5.41, 5.74) is -0.157. The van der Waals surface area contributed by atoms with Gasteiger partial charge in [0.1, 0.15) is 17.7 Å². The van der Waals surface area contributed by atoms with Crippen molar-refractivity contribution in [2.45, 2.75) is 37.8 Å². The first-order chi connectivity index (χ1) is 9.00. The smallest absolute Gasteiger partial charge is 0.249 e. The summed E-state index contributed by atoms with van der Waals surface area (Å²) in [6.45, 7) is 1.84. The molecule has 0 saturated heterocycles. The molecule has 1 aliphatic rings. The molecule has 0 bridgehead atoms. The van der Waals surface area contributed by atoms with Gasteiger partial charge in [-0.3, -0.25) is 4.79 Å². The van der Waals surface area contributed by atoms with Crippen LogP contribution in [0.3, 0.4) is 0 Å². The van der Waals surface area contributed by atoms with E-state index in [1.54, 1.807) is 0 Å². The third-order valence-corrected chi connectivity index (χ3v) is 3.48. The van der Waals surface area contributed by atoms with Gasteiger partial charge in [-0.15, -0.1) is 0 Å². The average molecular weight is 269 g/mol. The fourth-order valence-corrected chi connectivity index (χ4v) is 2.22. The quantitative estimate of drug-likeness (QED) is 0.892. The number of hydrogen-bond donors (Lipinski definition) is 1. The fourth-order valence-electron chi connectivity index (χ4n) is 2.22. The summed E-state index contributed by atoms with van der Waals surface area (Å²) in [4.78, 5) is 12.0. The zero-order valence-corrected chi connectivity index (χ0v) is 11.0. The van der Waals surface area contributed by atoms with Gasteiger partial charge in [0.2, 0.25) is 5.91 Å². The number of hydrogen-bond acceptors (Lipinski definition) is 2. The lowest BCUT2D eigenvalue weighted by atomic mass is 10.0. The Balaban J connectivity index is 2.17. The van der Waals surface area contributed by atoms with Crippen LogP contribution in [-0.2, 0) is 15.1 Å². The molecule has 3 nitrogen and oxygen atoms in total. The van der Waals surface area contributed by atoms with Crippen molar-refractivity contribution in [3.63, 3.8) is 0 Å². The molecule has 1 fully saturated rings. The Labute approximate surface area is 111 Å². The summed E-state index contributed by atoms with van der Waals surface area (Å²) in [6, 6.07) is 3.36. The Morgan fingerprint density at radius 2 is 1.95 bits per heavy atom. The number of carbonyl (C=O) groups excluding carboxylic acids is 1. The molecule has 0 spiro atoms. The predicted molar refractivity (Wildman–Crippen MR) is 66.5 cm³/mol. The van der Waals surface area contributed by atoms with Crippen molar-refractivity contribution in [3.05, 3.63) is 35.4 Å². The number of nitrogens with one attached hydrogen (secondary N) is 1. The van der Waals surface area contributed by atoms with Crippen LogP contribution in [0.4, 0.5) is 8.78 Å². The van der Waals surface area contributed by atoms with Crippen molar-refractivity contribution >= 4 is 5.91 Å². The molecule has 1 saturated carbocycles. The minimum Gasteiger partial charge on any atom is -0.372 e. The van der Waals surface area contributed by atoms with Gasteiger partial charge < -0.3 is 10.1 Å². The number of benzene rings is 1. The number of amides is 1. The van der Waals surface area contributed by atoms with E-state index in [-0.39, 0.29) is 5.91 Å². The first-order valence-corrected chi connectivity index (χ1v) is 6.32. The van der Waals surface area contributed by atoms with Gasteiger partial charge in [0, 0.05) is 13.2 Å². The Kier molecular flexibility index (Phi) is 3.85. The molecular weight excluding hydrogens is 252 g/mol. The monoisotopic (exact) mass is 269 g/mol. The van der Waals surface area contributed by atoms with Gasteiger partial charge in [0.05, 0.1) is 5.54 Å². The summed E-state index contributed by atoms with van der Waals surface area (Å²) in [6.07, 6.45) is 1.38. The molecule has 1 N–H and O–H groups in total. The number of methoxy groups -OCH3 is 1. The molecule has 1 aliphatic carbocycles. The molecule has 1 amide bonds. The van der Waals surface area contributed by atoms with Gasteiger partial charge in [0.15, 0.2) is 0 Å². The van der Waals surface area contributed by atoms with E-state index in [1.165, 1.54) is 19.2 Å². The van der Waals surface area contributed by atoms with Crippen LogP contribution >= 0.6 is 0 Å². The average Bonchev–Trinajstić information content (AvgIpc) is 3.10. The topological polar surface area (TPSA) is 38.3 Å². The van der Waals surface area contributed by atoms with E-state index in [0.29, 0.717) is 24.8 Å². The van der Waals surface area contributed by atoms with Crippen LogP contribution in [0, 0.1) is 11.6 Å². The Morgan fingerprint density at radius 3 is 2.37 bits per heavy atom. The van der Waals surface area contributed by atoms with Crippen molar-refractivity contribution in [1.29, 1.82) is 0 Å². The minimum atomic E-state index is -0.633. The van der Waals surface area contributed by atoms with Gasteiger partial charge >= 0.3 is 0 Å². The van der Waals surface area contributed by atoms with E-state index in [0.717, 1.165) is 6.07 Å². The van der Waals surface area contributed by atoms with Gasteiger partial charge in [-0.2, -0.15) is 0 Å². The van der Waals surface area contributed by atoms with E-state index in [4.69, 9.17) is 4.74 Å². The van der Waals surface area contributed by atoms with Crippen molar-refractivity contribution in [2.75, 3.05) is 7.11 Å². The maximum atomic E-state index is 13.2. The molecule has 5 heteroatoms. The zero-order chi connectivity index (χ0) is 14.0. The van der Waals surface area contributed by atoms with Crippen molar-refractivity contribution in [3.8, 4) is 0 Å². The highest BCUT2D eigenvalue weighted by molar-refractivity contribution is 5.82. The Hall–Kier alpha value is -1.49. The molecule has 1 atom stereocenters. The Morgan fingerprint density at radius 1 is 1.37 bits per heavy atom. The Bertz CT molecular complexity index is 462. The molecule has 1 unspecified atom stereocenters. The van der Waals surface area contributed by atoms with E-state index in [2.05, 4.69) is 5.32 Å². The lowest BCUT2D eigenvalue weighted by Crippen LogP contribution is -2.42. The largest absolute Gasteiger partial charge is 0.372 e. The van der Waals surface area contributed by atoms with Gasteiger partial charge in [-0.05, 0) is 37.0 Å². The molecule has 0 aliphatic heterocycles. The standard InChI is InChI=1S/C14H17F2NO2/c1-3-12(19-2)13(18)17-14(4-5-14)9-6-10(15)8-11(16)7-9/h6-8,12H,3-5H2,1-2H3,(H,17,18). The second kappa shape index (κ2) is 5.25. The second-order valence-electron chi connectivity index (χ2n) is 4.86. The molecule has 2 rings (SSSR count). The number of rotatable bonds is 5. The van der Waals surface area contributed by atoms with Crippen molar-refractivity contribution in [1.82, 2.24) is 5.32 Å². The van der Waals surface area contributed by atoms with Crippen LogP contribution in [-0.4, -0.2) is 19.1 Å². The molecule has 1 aromatic rings. The van der Waals surface area contributed by atoms with Crippen LogP contribution in [0.2, 0.25) is 0 Å². The molecule has 19 heavy (non-hydrogen) atoms. The third-order valence-electron chi connectivity index (χ3n) is 3.48.